The van der Waals surface area contributed by atoms with Crippen LogP contribution in [0.15, 0.2) is 23.2 Å². The zero-order valence-electron chi connectivity index (χ0n) is 10.6. The number of nitrogens with zero attached hydrogens (tertiary/aromatic N) is 1. The predicted molar refractivity (Wildman–Crippen MR) is 75.5 cm³/mol. The molecule has 0 unspecified atom stereocenters. The molecule has 1 rings (SSSR count). The van der Waals surface area contributed by atoms with Crippen LogP contribution in [0.1, 0.15) is 19.8 Å². The molecule has 102 valence electrons. The molecule has 0 atom stereocenters. The van der Waals surface area contributed by atoms with Crippen LogP contribution in [0.25, 0.3) is 0 Å². The third-order valence-corrected chi connectivity index (χ3v) is 3.07. The molecule has 4 nitrogen and oxygen atoms in total. The van der Waals surface area contributed by atoms with Crippen molar-refractivity contribution in [2.24, 2.45) is 4.99 Å². The van der Waals surface area contributed by atoms with E-state index in [1.165, 1.54) is 7.11 Å². The highest BCUT2D eigenvalue weighted by Crippen LogP contribution is 2.31. The summed E-state index contributed by atoms with van der Waals surface area (Å²) in [5.41, 5.74) is 1.05. The highest BCUT2D eigenvalue weighted by Gasteiger charge is 2.11. The number of ketones is 1. The molecular formula is C13H13Cl2NO3. The monoisotopic (exact) mass is 301 g/mol. The van der Waals surface area contributed by atoms with E-state index in [4.69, 9.17) is 23.2 Å². The Kier molecular flexibility index (Phi) is 5.99. The van der Waals surface area contributed by atoms with Crippen LogP contribution < -0.4 is 0 Å². The second kappa shape index (κ2) is 7.26. The molecule has 0 aliphatic rings. The molecule has 0 aliphatic heterocycles. The predicted octanol–water partition coefficient (Wildman–Crippen LogP) is 3.61. The lowest BCUT2D eigenvalue weighted by atomic mass is 10.1. The molecule has 0 amide bonds. The van der Waals surface area contributed by atoms with Crippen molar-refractivity contribution in [2.45, 2.75) is 19.8 Å². The molecule has 0 saturated carbocycles. The van der Waals surface area contributed by atoms with E-state index in [2.05, 4.69) is 9.73 Å². The Balaban J connectivity index is 2.74. The first-order valence-electron chi connectivity index (χ1n) is 5.50. The van der Waals surface area contributed by atoms with Gasteiger partial charge in [-0.1, -0.05) is 29.3 Å². The van der Waals surface area contributed by atoms with Crippen molar-refractivity contribution in [1.82, 2.24) is 0 Å². The maximum atomic E-state index is 11.5. The number of carbonyl (C=O) groups excluding carboxylic acids is 2. The highest BCUT2D eigenvalue weighted by atomic mass is 35.5. The van der Waals surface area contributed by atoms with Crippen molar-refractivity contribution >= 4 is 46.4 Å². The molecule has 0 bridgehead atoms. The Morgan fingerprint density at radius 1 is 1.26 bits per heavy atom. The molecule has 0 spiro atoms. The summed E-state index contributed by atoms with van der Waals surface area (Å²) in [4.78, 5) is 26.7. The van der Waals surface area contributed by atoms with E-state index in [1.807, 2.05) is 0 Å². The van der Waals surface area contributed by atoms with Crippen LogP contribution in [-0.2, 0) is 14.3 Å². The topological polar surface area (TPSA) is 55.7 Å². The third-order valence-electron chi connectivity index (χ3n) is 2.26. The number of aliphatic imine (C=N–C) groups is 1. The zero-order chi connectivity index (χ0) is 14.4. The highest BCUT2D eigenvalue weighted by molar-refractivity contribution is 6.43. The molecule has 0 saturated heterocycles. The average Bonchev–Trinajstić information content (AvgIpc) is 2.34. The molecule has 6 heteroatoms. The van der Waals surface area contributed by atoms with Gasteiger partial charge in [0.05, 0.1) is 22.8 Å². The van der Waals surface area contributed by atoms with Crippen LogP contribution in [0, 0.1) is 0 Å². The lowest BCUT2D eigenvalue weighted by molar-refractivity contribution is -0.143. The minimum atomic E-state index is -0.557. The van der Waals surface area contributed by atoms with Gasteiger partial charge in [0.25, 0.3) is 0 Å². The summed E-state index contributed by atoms with van der Waals surface area (Å²) in [5.74, 6) is -0.815. The smallest absolute Gasteiger partial charge is 0.313 e. The molecule has 0 aromatic heterocycles. The van der Waals surface area contributed by atoms with Gasteiger partial charge in [-0.3, -0.25) is 14.6 Å². The number of hydrogen-bond acceptors (Lipinski definition) is 4. The van der Waals surface area contributed by atoms with E-state index < -0.39 is 5.97 Å². The number of Topliss-reactive ketones (excluding diaryl/α,β-unsaturated/α-hetero) is 1. The number of rotatable bonds is 5. The fourth-order valence-corrected chi connectivity index (χ4v) is 1.74. The Hall–Kier alpha value is -1.39. The van der Waals surface area contributed by atoms with E-state index >= 15 is 0 Å². The van der Waals surface area contributed by atoms with Crippen molar-refractivity contribution in [3.63, 3.8) is 0 Å². The van der Waals surface area contributed by atoms with Crippen molar-refractivity contribution in [3.8, 4) is 0 Å². The quantitative estimate of drug-likeness (QED) is 0.474. The van der Waals surface area contributed by atoms with E-state index in [0.29, 0.717) is 21.4 Å². The van der Waals surface area contributed by atoms with Gasteiger partial charge in [0, 0.05) is 12.1 Å². The van der Waals surface area contributed by atoms with Gasteiger partial charge in [-0.2, -0.15) is 0 Å². The van der Waals surface area contributed by atoms with Crippen LogP contribution in [0.3, 0.4) is 0 Å². The van der Waals surface area contributed by atoms with Crippen molar-refractivity contribution in [3.05, 3.63) is 28.2 Å². The van der Waals surface area contributed by atoms with Crippen LogP contribution in [0.5, 0.6) is 0 Å². The Labute approximate surface area is 121 Å². The van der Waals surface area contributed by atoms with Gasteiger partial charge >= 0.3 is 5.97 Å². The normalized spacial score (nSPS) is 11.3. The van der Waals surface area contributed by atoms with Crippen LogP contribution in [0.2, 0.25) is 10.0 Å². The van der Waals surface area contributed by atoms with E-state index in [9.17, 15) is 9.59 Å². The molecule has 1 aromatic rings. The van der Waals surface area contributed by atoms with Gasteiger partial charge in [0.1, 0.15) is 12.2 Å². The molecule has 19 heavy (non-hydrogen) atoms. The van der Waals surface area contributed by atoms with Crippen molar-refractivity contribution in [1.29, 1.82) is 0 Å². The summed E-state index contributed by atoms with van der Waals surface area (Å²) in [6.07, 6.45) is -0.190. The minimum absolute atomic E-state index is 0.0674. The van der Waals surface area contributed by atoms with Crippen LogP contribution >= 0.6 is 23.2 Å². The molecule has 1 aromatic carbocycles. The van der Waals surface area contributed by atoms with E-state index in [1.54, 1.807) is 25.1 Å². The summed E-state index contributed by atoms with van der Waals surface area (Å²) in [7, 11) is 1.24. The summed E-state index contributed by atoms with van der Waals surface area (Å²) in [6.45, 7) is 1.69. The number of ether oxygens (including phenoxy) is 1. The molecule has 0 radical (unpaired) electrons. The average molecular weight is 302 g/mol. The fraction of sp³-hybridized carbons (Fsp3) is 0.308. The van der Waals surface area contributed by atoms with Gasteiger partial charge in [0.15, 0.2) is 0 Å². The first kappa shape index (κ1) is 15.7. The molecule has 0 N–H and O–H groups in total. The third kappa shape index (κ3) is 5.01. The number of esters is 1. The lowest BCUT2D eigenvalue weighted by Gasteiger charge is -2.03. The summed E-state index contributed by atoms with van der Waals surface area (Å²) < 4.78 is 4.42. The summed E-state index contributed by atoms with van der Waals surface area (Å²) in [6, 6.07) is 5.07. The second-order valence-corrected chi connectivity index (χ2v) is 4.67. The van der Waals surface area contributed by atoms with Gasteiger partial charge in [-0.25, -0.2) is 0 Å². The first-order chi connectivity index (χ1) is 8.93. The summed E-state index contributed by atoms with van der Waals surface area (Å²) >= 11 is 11.8. The standard InChI is InChI=1S/C13H13Cl2NO3/c1-8(6-9(17)7-12(18)19-2)16-11-5-3-4-10(14)13(11)15/h3-5H,6-7H2,1-2H3. The Morgan fingerprint density at radius 2 is 1.95 bits per heavy atom. The van der Waals surface area contributed by atoms with Gasteiger partial charge in [-0.05, 0) is 19.1 Å². The van der Waals surface area contributed by atoms with Gasteiger partial charge < -0.3 is 4.74 Å². The van der Waals surface area contributed by atoms with Crippen LogP contribution in [0.4, 0.5) is 5.69 Å². The fourth-order valence-electron chi connectivity index (χ4n) is 1.40. The number of carbonyl (C=O) groups is 2. The van der Waals surface area contributed by atoms with Crippen molar-refractivity contribution in [2.75, 3.05) is 7.11 Å². The largest absolute Gasteiger partial charge is 0.469 e. The maximum absolute atomic E-state index is 11.5. The Bertz CT molecular complexity index is 527. The lowest BCUT2D eigenvalue weighted by Crippen LogP contribution is -2.11. The first-order valence-corrected chi connectivity index (χ1v) is 6.26. The number of benzene rings is 1. The van der Waals surface area contributed by atoms with Gasteiger partial charge in [-0.15, -0.1) is 0 Å². The maximum Gasteiger partial charge on any atom is 0.313 e. The van der Waals surface area contributed by atoms with E-state index in [-0.39, 0.29) is 18.6 Å². The number of hydrogen-bond donors (Lipinski definition) is 0. The SMILES string of the molecule is COC(=O)CC(=O)CC(C)=Nc1cccc(Cl)c1Cl. The van der Waals surface area contributed by atoms with Gasteiger partial charge in [0.2, 0.25) is 0 Å². The minimum Gasteiger partial charge on any atom is -0.469 e. The number of halogens is 2. The summed E-state index contributed by atoms with van der Waals surface area (Å²) in [5, 5.41) is 0.737. The zero-order valence-corrected chi connectivity index (χ0v) is 12.1. The molecule has 0 fully saturated rings. The molecule has 0 aliphatic carbocycles. The van der Waals surface area contributed by atoms with Crippen molar-refractivity contribution < 1.29 is 14.3 Å². The number of methoxy groups -OCH3 is 1. The molecule has 0 heterocycles. The molecular weight excluding hydrogens is 289 g/mol. The van der Waals surface area contributed by atoms with Crippen LogP contribution in [-0.4, -0.2) is 24.6 Å². The van der Waals surface area contributed by atoms with E-state index in [0.717, 1.165) is 0 Å². The second-order valence-electron chi connectivity index (χ2n) is 3.89. The Morgan fingerprint density at radius 3 is 2.58 bits per heavy atom.